The SMILES string of the molecule is COC(=O)[C@@H]1CCN(Cc2cnc3cc(-c4cccc(-c5cccc(-c6ccc(CNC[C@H]7CCC(=O)N7)c(OC)n6)c5Cl)c4Cl)cc(C)n3c2=O)C1. The first-order chi connectivity index (χ1) is 25.6. The lowest BCUT2D eigenvalue weighted by Gasteiger charge is -2.17. The van der Waals surface area contributed by atoms with E-state index in [-0.39, 0.29) is 29.4 Å². The van der Waals surface area contributed by atoms with Crippen LogP contribution in [0.2, 0.25) is 10.0 Å². The van der Waals surface area contributed by atoms with E-state index >= 15 is 0 Å². The Morgan fingerprint density at radius 1 is 0.962 bits per heavy atom. The molecule has 5 aromatic rings. The monoisotopic (exact) mass is 754 g/mol. The predicted octanol–water partition coefficient (Wildman–Crippen LogP) is 6.08. The number of pyridine rings is 2. The lowest BCUT2D eigenvalue weighted by Crippen LogP contribution is -2.35. The van der Waals surface area contributed by atoms with Crippen LogP contribution in [0.15, 0.2) is 71.7 Å². The molecule has 2 atom stereocenters. The number of nitrogens with one attached hydrogen (secondary N) is 2. The maximum absolute atomic E-state index is 13.6. The summed E-state index contributed by atoms with van der Waals surface area (Å²) in [7, 11) is 2.99. The van der Waals surface area contributed by atoms with Gasteiger partial charge in [-0.25, -0.2) is 9.97 Å². The lowest BCUT2D eigenvalue weighted by atomic mass is 9.96. The molecule has 1 amide bonds. The average Bonchev–Trinajstić information content (AvgIpc) is 3.81. The smallest absolute Gasteiger partial charge is 0.310 e. The van der Waals surface area contributed by atoms with Crippen LogP contribution in [0.5, 0.6) is 5.88 Å². The number of carbonyl (C=O) groups is 2. The van der Waals surface area contributed by atoms with Crippen molar-refractivity contribution in [2.24, 2.45) is 5.92 Å². The molecule has 0 radical (unpaired) electrons. The van der Waals surface area contributed by atoms with Gasteiger partial charge in [-0.2, -0.15) is 0 Å². The van der Waals surface area contributed by atoms with Crippen LogP contribution in [0.4, 0.5) is 0 Å². The molecule has 5 heterocycles. The number of ether oxygens (including phenoxy) is 2. The fraction of sp³-hybridized carbons (Fsp3) is 0.325. The number of nitrogens with zero attached hydrogens (tertiary/aromatic N) is 4. The Morgan fingerprint density at radius 2 is 1.70 bits per heavy atom. The molecule has 3 aromatic heterocycles. The van der Waals surface area contributed by atoms with Crippen LogP contribution in [0.1, 0.15) is 36.1 Å². The zero-order valence-corrected chi connectivity index (χ0v) is 31.3. The quantitative estimate of drug-likeness (QED) is 0.154. The van der Waals surface area contributed by atoms with Gasteiger partial charge in [-0.15, -0.1) is 0 Å². The number of likely N-dealkylation sites (tertiary alicyclic amines) is 1. The Labute approximate surface area is 317 Å². The van der Waals surface area contributed by atoms with Crippen LogP contribution >= 0.6 is 23.2 Å². The van der Waals surface area contributed by atoms with Gasteiger partial charge in [-0.1, -0.05) is 65.7 Å². The summed E-state index contributed by atoms with van der Waals surface area (Å²) in [5, 5.41) is 7.37. The summed E-state index contributed by atoms with van der Waals surface area (Å²) in [4.78, 5) is 48.7. The molecule has 0 bridgehead atoms. The van der Waals surface area contributed by atoms with Crippen molar-refractivity contribution in [3.05, 3.63) is 104 Å². The van der Waals surface area contributed by atoms with Gasteiger partial charge in [-0.3, -0.25) is 23.7 Å². The summed E-state index contributed by atoms with van der Waals surface area (Å²) >= 11 is 14.3. The topological polar surface area (TPSA) is 127 Å². The molecule has 2 fully saturated rings. The van der Waals surface area contributed by atoms with Crippen LogP contribution < -0.4 is 20.9 Å². The largest absolute Gasteiger partial charge is 0.481 e. The van der Waals surface area contributed by atoms with Crippen molar-refractivity contribution in [1.29, 1.82) is 0 Å². The molecule has 274 valence electrons. The van der Waals surface area contributed by atoms with E-state index in [4.69, 9.17) is 37.7 Å². The van der Waals surface area contributed by atoms with E-state index in [9.17, 15) is 14.4 Å². The lowest BCUT2D eigenvalue weighted by molar-refractivity contribution is -0.145. The van der Waals surface area contributed by atoms with E-state index in [1.54, 1.807) is 17.7 Å². The third-order valence-electron chi connectivity index (χ3n) is 10.1. The van der Waals surface area contributed by atoms with Crippen LogP contribution in [0, 0.1) is 12.8 Å². The van der Waals surface area contributed by atoms with Crippen molar-refractivity contribution in [2.45, 2.75) is 45.3 Å². The fourth-order valence-corrected chi connectivity index (χ4v) is 7.96. The highest BCUT2D eigenvalue weighted by molar-refractivity contribution is 6.39. The van der Waals surface area contributed by atoms with Gasteiger partial charge in [0.2, 0.25) is 11.8 Å². The Morgan fingerprint density at radius 3 is 2.42 bits per heavy atom. The first-order valence-corrected chi connectivity index (χ1v) is 18.3. The Hall–Kier alpha value is -4.81. The maximum Gasteiger partial charge on any atom is 0.310 e. The number of rotatable bonds is 11. The number of methoxy groups -OCH3 is 2. The molecule has 7 rings (SSSR count). The normalized spacial score (nSPS) is 17.3. The summed E-state index contributed by atoms with van der Waals surface area (Å²) in [5.41, 5.74) is 7.00. The Balaban J connectivity index is 1.14. The van der Waals surface area contributed by atoms with Crippen molar-refractivity contribution in [3.8, 4) is 39.4 Å². The predicted molar refractivity (Wildman–Crippen MR) is 205 cm³/mol. The highest BCUT2D eigenvalue weighted by atomic mass is 35.5. The summed E-state index contributed by atoms with van der Waals surface area (Å²) < 4.78 is 12.2. The van der Waals surface area contributed by atoms with Crippen molar-refractivity contribution >= 4 is 40.7 Å². The van der Waals surface area contributed by atoms with Crippen molar-refractivity contribution < 1.29 is 19.1 Å². The van der Waals surface area contributed by atoms with Gasteiger partial charge < -0.3 is 20.1 Å². The summed E-state index contributed by atoms with van der Waals surface area (Å²) in [6, 6.07) is 19.4. The number of amides is 1. The zero-order valence-electron chi connectivity index (χ0n) is 29.7. The molecule has 0 aliphatic carbocycles. The van der Waals surface area contributed by atoms with Gasteiger partial charge in [-0.05, 0) is 50.1 Å². The first-order valence-electron chi connectivity index (χ1n) is 17.6. The molecule has 2 saturated heterocycles. The second kappa shape index (κ2) is 15.7. The van der Waals surface area contributed by atoms with Gasteiger partial charge in [0, 0.05) is 78.3 Å². The van der Waals surface area contributed by atoms with Crippen molar-refractivity contribution in [3.63, 3.8) is 0 Å². The molecule has 11 nitrogen and oxygen atoms in total. The van der Waals surface area contributed by atoms with Crippen LogP contribution in [-0.2, 0) is 27.4 Å². The van der Waals surface area contributed by atoms with E-state index in [2.05, 4.69) is 20.5 Å². The molecule has 2 aromatic carbocycles. The second-order valence-electron chi connectivity index (χ2n) is 13.5. The number of hydrogen-bond acceptors (Lipinski definition) is 9. The molecule has 53 heavy (non-hydrogen) atoms. The number of fused-ring (bicyclic) bond motifs is 1. The number of esters is 1. The van der Waals surface area contributed by atoms with Gasteiger partial charge in [0.1, 0.15) is 5.65 Å². The Kier molecular flexibility index (Phi) is 10.8. The van der Waals surface area contributed by atoms with E-state index in [0.29, 0.717) is 78.4 Å². The minimum atomic E-state index is -0.219. The molecule has 0 saturated carbocycles. The highest BCUT2D eigenvalue weighted by Gasteiger charge is 2.29. The summed E-state index contributed by atoms with van der Waals surface area (Å²) in [6.07, 6.45) is 3.71. The summed E-state index contributed by atoms with van der Waals surface area (Å²) in [5.74, 6) is 0.177. The van der Waals surface area contributed by atoms with Crippen LogP contribution in [0.3, 0.4) is 0 Å². The molecule has 0 unspecified atom stereocenters. The average molecular weight is 756 g/mol. The molecule has 2 N–H and O–H groups in total. The van der Waals surface area contributed by atoms with Gasteiger partial charge in [0.25, 0.3) is 5.56 Å². The van der Waals surface area contributed by atoms with E-state index in [1.807, 2.05) is 67.6 Å². The van der Waals surface area contributed by atoms with Crippen molar-refractivity contribution in [1.82, 2.24) is 29.9 Å². The van der Waals surface area contributed by atoms with Crippen LogP contribution in [0.25, 0.3) is 39.2 Å². The van der Waals surface area contributed by atoms with E-state index in [0.717, 1.165) is 45.5 Å². The van der Waals surface area contributed by atoms with Gasteiger partial charge in [0.05, 0.1) is 41.4 Å². The number of hydrogen-bond donors (Lipinski definition) is 2. The Bertz CT molecular complexity index is 2280. The number of aromatic nitrogens is 3. The number of aryl methyl sites for hydroxylation is 1. The highest BCUT2D eigenvalue weighted by Crippen LogP contribution is 2.42. The third-order valence-corrected chi connectivity index (χ3v) is 10.9. The molecule has 2 aliphatic rings. The minimum Gasteiger partial charge on any atom is -0.481 e. The molecule has 0 spiro atoms. The fourth-order valence-electron chi connectivity index (χ4n) is 7.30. The van der Waals surface area contributed by atoms with Gasteiger partial charge in [0.15, 0.2) is 0 Å². The molecular weight excluding hydrogens is 715 g/mol. The van der Waals surface area contributed by atoms with Crippen molar-refractivity contribution in [2.75, 3.05) is 33.9 Å². The second-order valence-corrected chi connectivity index (χ2v) is 14.3. The third kappa shape index (κ3) is 7.52. The number of benzene rings is 2. The van der Waals surface area contributed by atoms with E-state index in [1.165, 1.54) is 7.11 Å². The standard InChI is InChI=1S/C40H40Cl2N6O5/c1-23-16-26(17-34-44-19-27(39(50)48(23)34)22-47-15-14-25(21-47)40(51)53-3)29-6-4-7-30(36(29)41)31-8-5-9-32(37(31)42)33-12-10-24(38(46-33)52-2)18-43-20-28-11-13-35(49)45-28/h4-10,12,16-17,19,25,28,43H,11,13-15,18,20-22H2,1-3H3,(H,45,49)/t25-,28-/m1/s1. The van der Waals surface area contributed by atoms with Gasteiger partial charge >= 0.3 is 5.97 Å². The minimum absolute atomic E-state index is 0.0909. The molecule has 13 heteroatoms. The number of carbonyl (C=O) groups excluding carboxylic acids is 2. The number of halogens is 2. The molecule has 2 aliphatic heterocycles. The maximum atomic E-state index is 13.6. The van der Waals surface area contributed by atoms with Crippen LogP contribution in [-0.4, -0.2) is 71.0 Å². The van der Waals surface area contributed by atoms with E-state index < -0.39 is 0 Å². The zero-order chi connectivity index (χ0) is 37.2. The summed E-state index contributed by atoms with van der Waals surface area (Å²) in [6.45, 7) is 4.74. The first kappa shape index (κ1) is 36.5. The molecular formula is C40H40Cl2N6O5.